The fourth-order valence-electron chi connectivity index (χ4n) is 2.89. The molecule has 2 aliphatic heterocycles. The third-order valence-electron chi connectivity index (χ3n) is 3.63. The molecule has 0 amide bonds. The Morgan fingerprint density at radius 3 is 3.13 bits per heavy atom. The van der Waals surface area contributed by atoms with Crippen molar-refractivity contribution in [3.05, 3.63) is 23.8 Å². The zero-order valence-corrected chi connectivity index (χ0v) is 8.69. The van der Waals surface area contributed by atoms with Gasteiger partial charge in [0, 0.05) is 24.3 Å². The standard InChI is InChI=1S/C12H16N2O/c13-10-2-1-5-14-11-4-3-9(15)6-8(11)7-12(10)14/h3-4,6,10,12,15H,1-2,5,7,13H2. The van der Waals surface area contributed by atoms with Gasteiger partial charge in [0.2, 0.25) is 0 Å². The molecule has 2 unspecified atom stereocenters. The number of rotatable bonds is 0. The Bertz CT molecular complexity index is 391. The van der Waals surface area contributed by atoms with Crippen LogP contribution in [0.1, 0.15) is 18.4 Å². The molecule has 0 aromatic heterocycles. The number of hydrogen-bond acceptors (Lipinski definition) is 3. The van der Waals surface area contributed by atoms with Crippen LogP contribution in [0.3, 0.4) is 0 Å². The highest BCUT2D eigenvalue weighted by Gasteiger charge is 2.35. The summed E-state index contributed by atoms with van der Waals surface area (Å²) in [6.07, 6.45) is 3.30. The van der Waals surface area contributed by atoms with Gasteiger partial charge in [-0.1, -0.05) is 0 Å². The molecule has 2 heterocycles. The Kier molecular flexibility index (Phi) is 1.89. The van der Waals surface area contributed by atoms with Crippen molar-refractivity contribution < 1.29 is 5.11 Å². The van der Waals surface area contributed by atoms with Crippen LogP contribution < -0.4 is 10.6 Å². The molecule has 3 nitrogen and oxygen atoms in total. The summed E-state index contributed by atoms with van der Waals surface area (Å²) in [5.41, 5.74) is 8.65. The fraction of sp³-hybridized carbons (Fsp3) is 0.500. The lowest BCUT2D eigenvalue weighted by atomic mass is 9.96. The van der Waals surface area contributed by atoms with Gasteiger partial charge >= 0.3 is 0 Å². The van der Waals surface area contributed by atoms with Gasteiger partial charge in [-0.15, -0.1) is 0 Å². The molecule has 1 aromatic rings. The molecule has 1 aromatic carbocycles. The molecule has 0 radical (unpaired) electrons. The number of nitrogens with zero attached hydrogens (tertiary/aromatic N) is 1. The molecule has 15 heavy (non-hydrogen) atoms. The highest BCUT2D eigenvalue weighted by molar-refractivity contribution is 5.62. The second-order valence-electron chi connectivity index (χ2n) is 4.58. The SMILES string of the molecule is NC1CCCN2c3ccc(O)cc3CC12. The minimum atomic E-state index is 0.285. The lowest BCUT2D eigenvalue weighted by Crippen LogP contribution is -2.50. The zero-order chi connectivity index (χ0) is 10.4. The van der Waals surface area contributed by atoms with E-state index in [0.29, 0.717) is 11.8 Å². The van der Waals surface area contributed by atoms with Gasteiger partial charge in [0.05, 0.1) is 0 Å². The van der Waals surface area contributed by atoms with Gasteiger partial charge < -0.3 is 15.7 Å². The van der Waals surface area contributed by atoms with E-state index in [1.54, 1.807) is 6.07 Å². The van der Waals surface area contributed by atoms with Gasteiger partial charge in [0.25, 0.3) is 0 Å². The van der Waals surface area contributed by atoms with Crippen molar-refractivity contribution in [2.45, 2.75) is 31.3 Å². The molecule has 2 atom stereocenters. The topological polar surface area (TPSA) is 49.5 Å². The van der Waals surface area contributed by atoms with E-state index in [4.69, 9.17) is 5.73 Å². The first-order valence-electron chi connectivity index (χ1n) is 5.60. The zero-order valence-electron chi connectivity index (χ0n) is 8.69. The van der Waals surface area contributed by atoms with Crippen LogP contribution in [0.4, 0.5) is 5.69 Å². The summed E-state index contributed by atoms with van der Waals surface area (Å²) in [6.45, 7) is 1.11. The van der Waals surface area contributed by atoms with Crippen molar-refractivity contribution in [1.82, 2.24) is 0 Å². The third kappa shape index (κ3) is 1.30. The second-order valence-corrected chi connectivity index (χ2v) is 4.58. The molecule has 3 rings (SSSR count). The Hall–Kier alpha value is -1.22. The highest BCUT2D eigenvalue weighted by Crippen LogP contribution is 2.37. The summed E-state index contributed by atoms with van der Waals surface area (Å²) in [5.74, 6) is 0.363. The average molecular weight is 204 g/mol. The average Bonchev–Trinajstić information content (AvgIpc) is 2.57. The summed E-state index contributed by atoms with van der Waals surface area (Å²) in [7, 11) is 0. The van der Waals surface area contributed by atoms with Gasteiger partial charge in [-0.05, 0) is 43.0 Å². The first-order chi connectivity index (χ1) is 7.25. The van der Waals surface area contributed by atoms with Crippen molar-refractivity contribution >= 4 is 5.69 Å². The number of phenols is 1. The monoisotopic (exact) mass is 204 g/mol. The number of benzene rings is 1. The van der Waals surface area contributed by atoms with Crippen molar-refractivity contribution in [1.29, 1.82) is 0 Å². The summed E-state index contributed by atoms with van der Waals surface area (Å²) >= 11 is 0. The van der Waals surface area contributed by atoms with E-state index in [9.17, 15) is 5.11 Å². The van der Waals surface area contributed by atoms with Crippen LogP contribution in [-0.4, -0.2) is 23.7 Å². The van der Waals surface area contributed by atoms with Crippen LogP contribution in [0.2, 0.25) is 0 Å². The summed E-state index contributed by atoms with van der Waals surface area (Å²) in [5, 5.41) is 9.45. The number of nitrogens with two attached hydrogens (primary N) is 1. The highest BCUT2D eigenvalue weighted by atomic mass is 16.3. The van der Waals surface area contributed by atoms with Crippen LogP contribution in [-0.2, 0) is 6.42 Å². The molecule has 0 spiro atoms. The lowest BCUT2D eigenvalue weighted by Gasteiger charge is -2.36. The van der Waals surface area contributed by atoms with Crippen molar-refractivity contribution in [2.24, 2.45) is 5.73 Å². The van der Waals surface area contributed by atoms with Gasteiger partial charge in [0.15, 0.2) is 0 Å². The van der Waals surface area contributed by atoms with Crippen LogP contribution in [0.5, 0.6) is 5.75 Å². The van der Waals surface area contributed by atoms with Crippen LogP contribution in [0, 0.1) is 0 Å². The predicted octanol–water partition coefficient (Wildman–Crippen LogP) is 1.24. The molecule has 2 aliphatic rings. The van der Waals surface area contributed by atoms with E-state index in [-0.39, 0.29) is 6.04 Å². The maximum absolute atomic E-state index is 9.45. The van der Waals surface area contributed by atoms with Gasteiger partial charge in [0.1, 0.15) is 5.75 Å². The Morgan fingerprint density at radius 2 is 2.27 bits per heavy atom. The van der Waals surface area contributed by atoms with Gasteiger partial charge in [-0.2, -0.15) is 0 Å². The third-order valence-corrected chi connectivity index (χ3v) is 3.63. The molecule has 1 fully saturated rings. The number of hydrogen-bond donors (Lipinski definition) is 2. The maximum Gasteiger partial charge on any atom is 0.116 e. The van der Waals surface area contributed by atoms with Crippen molar-refractivity contribution in [3.8, 4) is 5.75 Å². The minimum absolute atomic E-state index is 0.285. The number of fused-ring (bicyclic) bond motifs is 3. The van der Waals surface area contributed by atoms with E-state index in [1.807, 2.05) is 12.1 Å². The van der Waals surface area contributed by atoms with Crippen molar-refractivity contribution in [3.63, 3.8) is 0 Å². The minimum Gasteiger partial charge on any atom is -0.508 e. The molecule has 80 valence electrons. The number of piperidine rings is 1. The largest absolute Gasteiger partial charge is 0.508 e. The van der Waals surface area contributed by atoms with Crippen molar-refractivity contribution in [2.75, 3.05) is 11.4 Å². The molecule has 1 saturated heterocycles. The molecule has 3 N–H and O–H groups in total. The number of anilines is 1. The molecular formula is C12H16N2O. The van der Waals surface area contributed by atoms with Crippen LogP contribution in [0.25, 0.3) is 0 Å². The lowest BCUT2D eigenvalue weighted by molar-refractivity contribution is 0.414. The smallest absolute Gasteiger partial charge is 0.116 e. The van der Waals surface area contributed by atoms with E-state index < -0.39 is 0 Å². The van der Waals surface area contributed by atoms with Crippen LogP contribution >= 0.6 is 0 Å². The summed E-state index contributed by atoms with van der Waals surface area (Å²) < 4.78 is 0. The molecule has 3 heteroatoms. The second kappa shape index (κ2) is 3.14. The van der Waals surface area contributed by atoms with E-state index in [2.05, 4.69) is 4.90 Å². The van der Waals surface area contributed by atoms with E-state index >= 15 is 0 Å². The predicted molar refractivity (Wildman–Crippen MR) is 60.2 cm³/mol. The quantitative estimate of drug-likeness (QED) is 0.668. The molecular weight excluding hydrogens is 188 g/mol. The molecule has 0 aliphatic carbocycles. The van der Waals surface area contributed by atoms with E-state index in [0.717, 1.165) is 19.4 Å². The van der Waals surface area contributed by atoms with E-state index in [1.165, 1.54) is 17.7 Å². The molecule has 0 saturated carbocycles. The summed E-state index contributed by atoms with van der Waals surface area (Å²) in [4.78, 5) is 2.41. The number of phenolic OH excluding ortho intramolecular Hbond substituents is 1. The van der Waals surface area contributed by atoms with Gasteiger partial charge in [-0.3, -0.25) is 0 Å². The Morgan fingerprint density at radius 1 is 1.40 bits per heavy atom. The van der Waals surface area contributed by atoms with Gasteiger partial charge in [-0.25, -0.2) is 0 Å². The first kappa shape index (κ1) is 9.04. The maximum atomic E-state index is 9.45. The normalized spacial score (nSPS) is 28.7. The molecule has 0 bridgehead atoms. The Labute approximate surface area is 89.5 Å². The first-order valence-corrected chi connectivity index (χ1v) is 5.60. The Balaban J connectivity index is 2.00. The summed E-state index contributed by atoms with van der Waals surface area (Å²) in [6, 6.07) is 6.40. The van der Waals surface area contributed by atoms with Crippen LogP contribution in [0.15, 0.2) is 18.2 Å². The number of aromatic hydroxyl groups is 1. The fourth-order valence-corrected chi connectivity index (χ4v) is 2.89.